The molecule has 0 saturated heterocycles. The Morgan fingerprint density at radius 1 is 1.08 bits per heavy atom. The molecule has 0 atom stereocenters. The highest BCUT2D eigenvalue weighted by Crippen LogP contribution is 2.20. The number of anilines is 1. The van der Waals surface area contributed by atoms with Crippen molar-refractivity contribution in [3.05, 3.63) is 76.4 Å². The molecule has 0 radical (unpaired) electrons. The largest absolute Gasteiger partial charge is 0.266 e. The van der Waals surface area contributed by atoms with Gasteiger partial charge in [-0.2, -0.15) is 5.10 Å². The SMILES string of the molecule is Cc1ccc(C)c(S(=O)(=O)Nc2ccn(Cc3ccc(Cl)cc3)n2)c1. The van der Waals surface area contributed by atoms with Crippen LogP contribution in [0.5, 0.6) is 0 Å². The second-order valence-corrected chi connectivity index (χ2v) is 7.99. The van der Waals surface area contributed by atoms with Gasteiger partial charge in [-0.05, 0) is 48.7 Å². The van der Waals surface area contributed by atoms with Crippen molar-refractivity contribution < 1.29 is 8.42 Å². The summed E-state index contributed by atoms with van der Waals surface area (Å²) in [5, 5.41) is 4.96. The first-order chi connectivity index (χ1) is 11.8. The van der Waals surface area contributed by atoms with Crippen LogP contribution in [0.1, 0.15) is 16.7 Å². The van der Waals surface area contributed by atoms with Gasteiger partial charge in [-0.25, -0.2) is 8.42 Å². The Bertz CT molecular complexity index is 995. The molecule has 0 bridgehead atoms. The summed E-state index contributed by atoms with van der Waals surface area (Å²) in [7, 11) is -3.67. The van der Waals surface area contributed by atoms with Crippen molar-refractivity contribution in [2.24, 2.45) is 0 Å². The van der Waals surface area contributed by atoms with E-state index >= 15 is 0 Å². The lowest BCUT2D eigenvalue weighted by molar-refractivity contribution is 0.600. The Hall–Kier alpha value is -2.31. The predicted octanol–water partition coefficient (Wildman–Crippen LogP) is 4.00. The lowest BCUT2D eigenvalue weighted by Gasteiger charge is -2.09. The van der Waals surface area contributed by atoms with Crippen molar-refractivity contribution in [2.45, 2.75) is 25.3 Å². The normalized spacial score (nSPS) is 11.5. The molecule has 3 aromatic rings. The number of hydrogen-bond acceptors (Lipinski definition) is 3. The molecule has 1 heterocycles. The van der Waals surface area contributed by atoms with Gasteiger partial charge in [-0.3, -0.25) is 9.40 Å². The zero-order chi connectivity index (χ0) is 18.0. The number of hydrogen-bond donors (Lipinski definition) is 1. The van der Waals surface area contributed by atoms with Crippen molar-refractivity contribution in [1.29, 1.82) is 0 Å². The van der Waals surface area contributed by atoms with Crippen molar-refractivity contribution in [3.8, 4) is 0 Å². The molecule has 130 valence electrons. The number of aromatic nitrogens is 2. The number of benzene rings is 2. The summed E-state index contributed by atoms with van der Waals surface area (Å²) >= 11 is 5.87. The van der Waals surface area contributed by atoms with Crippen molar-refractivity contribution in [1.82, 2.24) is 9.78 Å². The van der Waals surface area contributed by atoms with E-state index in [-0.39, 0.29) is 10.7 Å². The first kappa shape index (κ1) is 17.5. The molecule has 0 amide bonds. The number of aryl methyl sites for hydroxylation is 2. The Labute approximate surface area is 152 Å². The molecule has 0 unspecified atom stereocenters. The van der Waals surface area contributed by atoms with Gasteiger partial charge in [0.05, 0.1) is 11.4 Å². The van der Waals surface area contributed by atoms with Gasteiger partial charge in [0.15, 0.2) is 5.82 Å². The van der Waals surface area contributed by atoms with Crippen LogP contribution in [-0.4, -0.2) is 18.2 Å². The molecule has 1 N–H and O–H groups in total. The van der Waals surface area contributed by atoms with E-state index in [4.69, 9.17) is 11.6 Å². The number of sulfonamides is 1. The first-order valence-electron chi connectivity index (χ1n) is 7.71. The molecule has 0 saturated carbocycles. The quantitative estimate of drug-likeness (QED) is 0.733. The smallest absolute Gasteiger partial charge is 0.263 e. The van der Waals surface area contributed by atoms with E-state index < -0.39 is 10.0 Å². The maximum Gasteiger partial charge on any atom is 0.263 e. The second-order valence-electron chi connectivity index (χ2n) is 5.90. The molecule has 7 heteroatoms. The summed E-state index contributed by atoms with van der Waals surface area (Å²) in [6.45, 7) is 4.16. The van der Waals surface area contributed by atoms with Crippen LogP contribution in [0.2, 0.25) is 5.02 Å². The highest BCUT2D eigenvalue weighted by Gasteiger charge is 2.18. The van der Waals surface area contributed by atoms with Gasteiger partial charge in [0.1, 0.15) is 0 Å². The summed E-state index contributed by atoms with van der Waals surface area (Å²) in [5.74, 6) is 0.287. The van der Waals surface area contributed by atoms with Gasteiger partial charge < -0.3 is 0 Å². The average molecular weight is 376 g/mol. The van der Waals surface area contributed by atoms with E-state index in [1.807, 2.05) is 37.3 Å². The van der Waals surface area contributed by atoms with E-state index in [0.29, 0.717) is 17.1 Å². The minimum absolute atomic E-state index is 0.264. The van der Waals surface area contributed by atoms with E-state index in [9.17, 15) is 8.42 Å². The molecule has 0 spiro atoms. The number of halogens is 1. The summed E-state index contributed by atoms with van der Waals surface area (Å²) in [5.41, 5.74) is 2.61. The fourth-order valence-electron chi connectivity index (χ4n) is 2.47. The topological polar surface area (TPSA) is 64.0 Å². The molecule has 3 rings (SSSR count). The van der Waals surface area contributed by atoms with Gasteiger partial charge in [-0.15, -0.1) is 0 Å². The number of nitrogens with zero attached hydrogens (tertiary/aromatic N) is 2. The van der Waals surface area contributed by atoms with Gasteiger partial charge in [0.25, 0.3) is 10.0 Å². The van der Waals surface area contributed by atoms with Crippen molar-refractivity contribution >= 4 is 27.4 Å². The van der Waals surface area contributed by atoms with Crippen LogP contribution in [-0.2, 0) is 16.6 Å². The summed E-state index contributed by atoms with van der Waals surface area (Å²) in [4.78, 5) is 0.264. The number of rotatable bonds is 5. The molecule has 0 aliphatic heterocycles. The highest BCUT2D eigenvalue weighted by molar-refractivity contribution is 7.92. The Kier molecular flexibility index (Phi) is 4.83. The van der Waals surface area contributed by atoms with Crippen LogP contribution in [0.15, 0.2) is 59.6 Å². The van der Waals surface area contributed by atoms with E-state index in [0.717, 1.165) is 11.1 Å². The van der Waals surface area contributed by atoms with Crippen LogP contribution >= 0.6 is 11.6 Å². The van der Waals surface area contributed by atoms with E-state index in [2.05, 4.69) is 9.82 Å². The monoisotopic (exact) mass is 375 g/mol. The molecule has 5 nitrogen and oxygen atoms in total. The van der Waals surface area contributed by atoms with Gasteiger partial charge in [-0.1, -0.05) is 35.9 Å². The lowest BCUT2D eigenvalue weighted by atomic mass is 10.2. The molecule has 1 aromatic heterocycles. The first-order valence-corrected chi connectivity index (χ1v) is 9.57. The molecular weight excluding hydrogens is 358 g/mol. The number of nitrogens with one attached hydrogen (secondary N) is 1. The third kappa shape index (κ3) is 4.21. The Balaban J connectivity index is 1.78. The highest BCUT2D eigenvalue weighted by atomic mass is 35.5. The fraction of sp³-hybridized carbons (Fsp3) is 0.167. The van der Waals surface area contributed by atoms with Gasteiger partial charge in [0, 0.05) is 17.3 Å². The van der Waals surface area contributed by atoms with Crippen LogP contribution < -0.4 is 4.72 Å². The summed E-state index contributed by atoms with van der Waals surface area (Å²) in [6, 6.07) is 14.4. The van der Waals surface area contributed by atoms with Crippen LogP contribution in [0.4, 0.5) is 5.82 Å². The van der Waals surface area contributed by atoms with Crippen molar-refractivity contribution in [3.63, 3.8) is 0 Å². The minimum Gasteiger partial charge on any atom is -0.266 e. The maximum absolute atomic E-state index is 12.6. The third-order valence-corrected chi connectivity index (χ3v) is 5.52. The maximum atomic E-state index is 12.6. The van der Waals surface area contributed by atoms with Crippen LogP contribution in [0, 0.1) is 13.8 Å². The molecule has 25 heavy (non-hydrogen) atoms. The molecule has 2 aromatic carbocycles. The van der Waals surface area contributed by atoms with Crippen LogP contribution in [0.25, 0.3) is 0 Å². The minimum atomic E-state index is -3.67. The average Bonchev–Trinajstić information content (AvgIpc) is 2.98. The van der Waals surface area contributed by atoms with Crippen LogP contribution in [0.3, 0.4) is 0 Å². The van der Waals surface area contributed by atoms with Crippen molar-refractivity contribution in [2.75, 3.05) is 4.72 Å². The van der Waals surface area contributed by atoms with Gasteiger partial charge >= 0.3 is 0 Å². The van der Waals surface area contributed by atoms with Gasteiger partial charge in [0.2, 0.25) is 0 Å². The molecule has 0 aliphatic rings. The fourth-order valence-corrected chi connectivity index (χ4v) is 3.92. The lowest BCUT2D eigenvalue weighted by Crippen LogP contribution is -2.15. The molecular formula is C18H18ClN3O2S. The zero-order valence-corrected chi connectivity index (χ0v) is 15.5. The summed E-state index contributed by atoms with van der Waals surface area (Å²) < 4.78 is 29.4. The zero-order valence-electron chi connectivity index (χ0n) is 13.9. The Morgan fingerprint density at radius 2 is 1.80 bits per heavy atom. The standard InChI is InChI=1S/C18H18ClN3O2S/c1-13-3-4-14(2)17(11-13)25(23,24)21-18-9-10-22(20-18)12-15-5-7-16(19)8-6-15/h3-11H,12H2,1-2H3,(H,20,21). The second kappa shape index (κ2) is 6.90. The molecule has 0 fully saturated rings. The van der Waals surface area contributed by atoms with E-state index in [1.165, 1.54) is 0 Å². The Morgan fingerprint density at radius 3 is 2.52 bits per heavy atom. The summed E-state index contributed by atoms with van der Waals surface area (Å²) in [6.07, 6.45) is 1.73. The molecule has 0 aliphatic carbocycles. The third-order valence-electron chi connectivity index (χ3n) is 3.77. The van der Waals surface area contributed by atoms with E-state index in [1.54, 1.807) is 36.0 Å². The predicted molar refractivity (Wildman–Crippen MR) is 99.5 cm³/mol.